The smallest absolute Gasteiger partial charge is 0.320 e. The average Bonchev–Trinajstić information content (AvgIpc) is 2.66. The SMILES string of the molecule is Cc1cc(OCNC(=O)N2CCN(c3ccc(F)cc3)CC2)cc(C)c1Cl. The van der Waals surface area contributed by atoms with Gasteiger partial charge in [0.1, 0.15) is 11.6 Å². The van der Waals surface area contributed by atoms with Crippen LogP contribution in [0.25, 0.3) is 0 Å². The van der Waals surface area contributed by atoms with Gasteiger partial charge in [-0.2, -0.15) is 0 Å². The van der Waals surface area contributed by atoms with Gasteiger partial charge in [-0.3, -0.25) is 0 Å². The number of piperazine rings is 1. The molecule has 27 heavy (non-hydrogen) atoms. The molecule has 1 saturated heterocycles. The highest BCUT2D eigenvalue weighted by molar-refractivity contribution is 6.32. The van der Waals surface area contributed by atoms with E-state index in [0.29, 0.717) is 31.9 Å². The predicted molar refractivity (Wildman–Crippen MR) is 105 cm³/mol. The highest BCUT2D eigenvalue weighted by Crippen LogP contribution is 2.25. The van der Waals surface area contributed by atoms with Crippen LogP contribution in [0.5, 0.6) is 5.75 Å². The minimum absolute atomic E-state index is 0.0948. The van der Waals surface area contributed by atoms with Crippen molar-refractivity contribution in [1.29, 1.82) is 0 Å². The van der Waals surface area contributed by atoms with Gasteiger partial charge in [-0.05, 0) is 61.4 Å². The van der Waals surface area contributed by atoms with Gasteiger partial charge in [0.25, 0.3) is 0 Å². The van der Waals surface area contributed by atoms with Crippen molar-refractivity contribution in [2.75, 3.05) is 37.8 Å². The number of rotatable bonds is 4. The van der Waals surface area contributed by atoms with E-state index in [4.69, 9.17) is 16.3 Å². The number of aryl methyl sites for hydroxylation is 2. The Morgan fingerprint density at radius 3 is 2.30 bits per heavy atom. The second-order valence-electron chi connectivity index (χ2n) is 6.59. The summed E-state index contributed by atoms with van der Waals surface area (Å²) in [5.74, 6) is 0.429. The Hall–Kier alpha value is -2.47. The zero-order valence-corrected chi connectivity index (χ0v) is 16.2. The minimum atomic E-state index is -0.247. The number of carbonyl (C=O) groups is 1. The fourth-order valence-electron chi connectivity index (χ4n) is 3.10. The van der Waals surface area contributed by atoms with E-state index in [9.17, 15) is 9.18 Å². The summed E-state index contributed by atoms with van der Waals surface area (Å²) in [7, 11) is 0. The molecule has 0 aromatic heterocycles. The molecule has 7 heteroatoms. The molecule has 0 unspecified atom stereocenters. The third-order valence-corrected chi connectivity index (χ3v) is 5.23. The Bertz CT molecular complexity index is 782. The molecule has 1 N–H and O–H groups in total. The molecule has 144 valence electrons. The molecular formula is C20H23ClFN3O2. The van der Waals surface area contributed by atoms with E-state index in [1.54, 1.807) is 17.0 Å². The molecule has 2 amide bonds. The molecule has 0 atom stereocenters. The number of amides is 2. The van der Waals surface area contributed by atoms with E-state index < -0.39 is 0 Å². The fraction of sp³-hybridized carbons (Fsp3) is 0.350. The first-order valence-corrected chi connectivity index (χ1v) is 9.24. The molecule has 1 heterocycles. The van der Waals surface area contributed by atoms with E-state index in [0.717, 1.165) is 21.8 Å². The van der Waals surface area contributed by atoms with Gasteiger partial charge in [0.05, 0.1) is 0 Å². The van der Waals surface area contributed by atoms with Crippen LogP contribution in [0.2, 0.25) is 5.02 Å². The number of benzene rings is 2. The molecule has 0 spiro atoms. The Morgan fingerprint density at radius 1 is 1.11 bits per heavy atom. The summed E-state index contributed by atoms with van der Waals surface area (Å²) in [5, 5.41) is 3.51. The number of ether oxygens (including phenoxy) is 1. The highest BCUT2D eigenvalue weighted by atomic mass is 35.5. The maximum atomic E-state index is 13.0. The number of halogens is 2. The summed E-state index contributed by atoms with van der Waals surface area (Å²) in [5.41, 5.74) is 2.85. The van der Waals surface area contributed by atoms with E-state index in [2.05, 4.69) is 10.2 Å². The van der Waals surface area contributed by atoms with E-state index in [1.807, 2.05) is 26.0 Å². The zero-order chi connectivity index (χ0) is 19.4. The Labute approximate surface area is 163 Å². The van der Waals surface area contributed by atoms with Gasteiger partial charge >= 0.3 is 6.03 Å². The van der Waals surface area contributed by atoms with Crippen molar-refractivity contribution in [1.82, 2.24) is 10.2 Å². The molecule has 0 radical (unpaired) electrons. The molecule has 5 nitrogen and oxygen atoms in total. The van der Waals surface area contributed by atoms with Crippen LogP contribution in [0.1, 0.15) is 11.1 Å². The molecular weight excluding hydrogens is 369 g/mol. The van der Waals surface area contributed by atoms with Gasteiger partial charge in [-0.25, -0.2) is 9.18 Å². The van der Waals surface area contributed by atoms with Gasteiger partial charge in [-0.15, -0.1) is 0 Å². The van der Waals surface area contributed by atoms with Crippen LogP contribution in [0.4, 0.5) is 14.9 Å². The number of urea groups is 1. The first-order valence-electron chi connectivity index (χ1n) is 8.87. The number of carbonyl (C=O) groups excluding carboxylic acids is 1. The molecule has 0 saturated carbocycles. The molecule has 0 aliphatic carbocycles. The summed E-state index contributed by atoms with van der Waals surface area (Å²) in [6, 6.07) is 9.96. The predicted octanol–water partition coefficient (Wildman–Crippen LogP) is 3.96. The molecule has 3 rings (SSSR count). The third-order valence-electron chi connectivity index (χ3n) is 4.63. The maximum absolute atomic E-state index is 13.0. The standard InChI is InChI=1S/C20H23ClFN3O2/c1-14-11-18(12-15(2)19(14)21)27-13-23-20(26)25-9-7-24(8-10-25)17-5-3-16(22)4-6-17/h3-6,11-12H,7-10,13H2,1-2H3,(H,23,26). The molecule has 1 fully saturated rings. The van der Waals surface area contributed by atoms with Crippen molar-refractivity contribution in [3.05, 3.63) is 58.4 Å². The van der Waals surface area contributed by atoms with Crippen LogP contribution < -0.4 is 15.0 Å². The van der Waals surface area contributed by atoms with Gasteiger partial charge in [-0.1, -0.05) is 11.6 Å². The second-order valence-corrected chi connectivity index (χ2v) is 6.97. The number of hydrogen-bond acceptors (Lipinski definition) is 3. The summed E-state index contributed by atoms with van der Waals surface area (Å²) in [6.45, 7) is 6.54. The molecule has 2 aromatic rings. The number of nitrogens with one attached hydrogen (secondary N) is 1. The third kappa shape index (κ3) is 4.83. The lowest BCUT2D eigenvalue weighted by Crippen LogP contribution is -2.52. The molecule has 1 aliphatic heterocycles. The number of anilines is 1. The van der Waals surface area contributed by atoms with E-state index in [1.165, 1.54) is 12.1 Å². The monoisotopic (exact) mass is 391 g/mol. The van der Waals surface area contributed by atoms with Gasteiger partial charge in [0.15, 0.2) is 6.73 Å². The Balaban J connectivity index is 1.45. The molecule has 1 aliphatic rings. The number of nitrogens with zero attached hydrogens (tertiary/aromatic N) is 2. The lowest BCUT2D eigenvalue weighted by molar-refractivity contribution is 0.181. The quantitative estimate of drug-likeness (QED) is 0.802. The molecule has 0 bridgehead atoms. The largest absolute Gasteiger partial charge is 0.473 e. The van der Waals surface area contributed by atoms with Crippen LogP contribution in [0, 0.1) is 19.7 Å². The number of hydrogen-bond donors (Lipinski definition) is 1. The van der Waals surface area contributed by atoms with Crippen LogP contribution >= 0.6 is 11.6 Å². The lowest BCUT2D eigenvalue weighted by Gasteiger charge is -2.36. The van der Waals surface area contributed by atoms with Gasteiger partial charge < -0.3 is 19.9 Å². The lowest BCUT2D eigenvalue weighted by atomic mass is 10.1. The summed E-state index contributed by atoms with van der Waals surface area (Å²) >= 11 is 6.14. The van der Waals surface area contributed by atoms with E-state index >= 15 is 0 Å². The van der Waals surface area contributed by atoms with Crippen LogP contribution in [0.3, 0.4) is 0 Å². The Kier molecular flexibility index (Phi) is 6.06. The first kappa shape index (κ1) is 19.3. The van der Waals surface area contributed by atoms with Gasteiger partial charge in [0.2, 0.25) is 0 Å². The summed E-state index contributed by atoms with van der Waals surface area (Å²) in [4.78, 5) is 16.2. The first-order chi connectivity index (χ1) is 12.9. The summed E-state index contributed by atoms with van der Waals surface area (Å²) in [6.07, 6.45) is 0. The molecule has 2 aromatic carbocycles. The van der Waals surface area contributed by atoms with Gasteiger partial charge in [0, 0.05) is 36.9 Å². The van der Waals surface area contributed by atoms with Crippen molar-refractivity contribution in [2.45, 2.75) is 13.8 Å². The maximum Gasteiger partial charge on any atom is 0.320 e. The van der Waals surface area contributed by atoms with Crippen LogP contribution in [0.15, 0.2) is 36.4 Å². The fourth-order valence-corrected chi connectivity index (χ4v) is 3.21. The second kappa shape index (κ2) is 8.48. The highest BCUT2D eigenvalue weighted by Gasteiger charge is 2.21. The average molecular weight is 392 g/mol. The Morgan fingerprint density at radius 2 is 1.70 bits per heavy atom. The summed E-state index contributed by atoms with van der Waals surface area (Å²) < 4.78 is 18.7. The van der Waals surface area contributed by atoms with E-state index in [-0.39, 0.29) is 18.6 Å². The van der Waals surface area contributed by atoms with Crippen molar-refractivity contribution >= 4 is 23.3 Å². The van der Waals surface area contributed by atoms with Crippen LogP contribution in [-0.4, -0.2) is 43.8 Å². The van der Waals surface area contributed by atoms with Crippen molar-refractivity contribution in [3.8, 4) is 5.75 Å². The minimum Gasteiger partial charge on any atom is -0.473 e. The normalized spacial score (nSPS) is 14.2. The zero-order valence-electron chi connectivity index (χ0n) is 15.5. The van der Waals surface area contributed by atoms with Crippen molar-refractivity contribution < 1.29 is 13.9 Å². The van der Waals surface area contributed by atoms with Crippen molar-refractivity contribution in [3.63, 3.8) is 0 Å². The topological polar surface area (TPSA) is 44.8 Å². The van der Waals surface area contributed by atoms with Crippen LogP contribution in [-0.2, 0) is 0 Å². The van der Waals surface area contributed by atoms with Crippen molar-refractivity contribution in [2.24, 2.45) is 0 Å².